The number of benzene rings is 1. The summed E-state index contributed by atoms with van der Waals surface area (Å²) in [4.78, 5) is 23.3. The van der Waals surface area contributed by atoms with Gasteiger partial charge in [-0.1, -0.05) is 6.07 Å². The third-order valence-electron chi connectivity index (χ3n) is 2.73. The molecule has 116 valence electrons. The molecule has 0 radical (unpaired) electrons. The average molecular weight is 297 g/mol. The van der Waals surface area contributed by atoms with E-state index in [1.165, 1.54) is 19.2 Å². The number of hydrogen-bond donors (Lipinski definition) is 3. The van der Waals surface area contributed by atoms with Crippen molar-refractivity contribution in [3.63, 3.8) is 0 Å². The molecule has 1 amide bonds. The second kappa shape index (κ2) is 7.49. The molecule has 0 aliphatic rings. The van der Waals surface area contributed by atoms with Gasteiger partial charge in [-0.15, -0.1) is 0 Å². The Morgan fingerprint density at radius 3 is 2.57 bits per heavy atom. The van der Waals surface area contributed by atoms with Crippen LogP contribution >= 0.6 is 0 Å². The second-order valence-corrected chi connectivity index (χ2v) is 4.63. The number of esters is 1. The van der Waals surface area contributed by atoms with Crippen LogP contribution in [0.3, 0.4) is 0 Å². The van der Waals surface area contributed by atoms with E-state index in [0.29, 0.717) is 12.2 Å². The smallest absolute Gasteiger partial charge is 0.342 e. The summed E-state index contributed by atoms with van der Waals surface area (Å²) in [5, 5.41) is 21.8. The van der Waals surface area contributed by atoms with Crippen molar-refractivity contribution in [1.82, 2.24) is 5.32 Å². The largest absolute Gasteiger partial charge is 0.504 e. The minimum Gasteiger partial charge on any atom is -0.504 e. The van der Waals surface area contributed by atoms with Crippen molar-refractivity contribution < 1.29 is 29.3 Å². The molecule has 0 bridgehead atoms. The molecule has 0 saturated carbocycles. The molecule has 0 spiro atoms. The molecule has 7 heteroatoms. The van der Waals surface area contributed by atoms with E-state index in [4.69, 9.17) is 9.47 Å². The number of nitrogens with one attached hydrogen (secondary N) is 1. The number of aromatic hydroxyl groups is 2. The first-order valence-corrected chi connectivity index (χ1v) is 6.33. The summed E-state index contributed by atoms with van der Waals surface area (Å²) in [6.07, 6.45) is 0. The lowest BCUT2D eigenvalue weighted by atomic mass is 10.1. The Hall–Kier alpha value is -2.28. The lowest BCUT2D eigenvalue weighted by Gasteiger charge is -2.13. The van der Waals surface area contributed by atoms with E-state index in [0.717, 1.165) is 0 Å². The molecule has 0 aromatic heterocycles. The van der Waals surface area contributed by atoms with Gasteiger partial charge in [-0.25, -0.2) is 4.79 Å². The molecule has 0 aliphatic carbocycles. The molecule has 1 aromatic rings. The number of amides is 1. The number of carbonyl (C=O) groups is 2. The minimum atomic E-state index is -0.891. The van der Waals surface area contributed by atoms with Crippen LogP contribution < -0.4 is 5.32 Å². The zero-order valence-corrected chi connectivity index (χ0v) is 12.2. The zero-order valence-electron chi connectivity index (χ0n) is 12.2. The highest BCUT2D eigenvalue weighted by Gasteiger charge is 2.18. The van der Waals surface area contributed by atoms with Crippen molar-refractivity contribution in [3.8, 4) is 11.5 Å². The van der Waals surface area contributed by atoms with Gasteiger partial charge in [0.25, 0.3) is 5.91 Å². The van der Waals surface area contributed by atoms with Crippen LogP contribution in [0.25, 0.3) is 0 Å². The van der Waals surface area contributed by atoms with Gasteiger partial charge >= 0.3 is 5.97 Å². The molecular formula is C14H19NO6. The molecule has 7 nitrogen and oxygen atoms in total. The fraction of sp³-hybridized carbons (Fsp3) is 0.429. The van der Waals surface area contributed by atoms with Crippen LogP contribution in [0.4, 0.5) is 0 Å². The SMILES string of the molecule is COCC(C)NC(=O)COC(=O)c1ccc(C)c(O)c1O. The zero-order chi connectivity index (χ0) is 16.0. The molecular weight excluding hydrogens is 278 g/mol. The first-order chi connectivity index (χ1) is 9.86. The van der Waals surface area contributed by atoms with Crippen LogP contribution in [-0.4, -0.2) is 48.5 Å². The second-order valence-electron chi connectivity index (χ2n) is 4.63. The van der Waals surface area contributed by atoms with E-state index in [-0.39, 0.29) is 17.4 Å². The third-order valence-corrected chi connectivity index (χ3v) is 2.73. The summed E-state index contributed by atoms with van der Waals surface area (Å²) in [6.45, 7) is 3.18. The predicted octanol–water partition coefficient (Wildman–Crippen LogP) is 0.714. The molecule has 3 N–H and O–H groups in total. The molecule has 21 heavy (non-hydrogen) atoms. The Morgan fingerprint density at radius 1 is 1.29 bits per heavy atom. The first kappa shape index (κ1) is 16.8. The van der Waals surface area contributed by atoms with Crippen LogP contribution in [0.5, 0.6) is 11.5 Å². The number of rotatable bonds is 6. The van der Waals surface area contributed by atoms with Crippen LogP contribution in [-0.2, 0) is 14.3 Å². The van der Waals surface area contributed by atoms with Crippen molar-refractivity contribution in [2.45, 2.75) is 19.9 Å². The molecule has 1 unspecified atom stereocenters. The van der Waals surface area contributed by atoms with Gasteiger partial charge in [0.2, 0.25) is 0 Å². The van der Waals surface area contributed by atoms with Gasteiger partial charge in [0.05, 0.1) is 6.61 Å². The summed E-state index contributed by atoms with van der Waals surface area (Å²) in [6, 6.07) is 2.57. The molecule has 0 saturated heterocycles. The lowest BCUT2D eigenvalue weighted by molar-refractivity contribution is -0.125. The minimum absolute atomic E-state index is 0.198. The summed E-state index contributed by atoms with van der Waals surface area (Å²) in [7, 11) is 1.51. The van der Waals surface area contributed by atoms with E-state index in [1.807, 2.05) is 0 Å². The van der Waals surface area contributed by atoms with Crippen molar-refractivity contribution >= 4 is 11.9 Å². The molecule has 1 rings (SSSR count). The Labute approximate surface area is 122 Å². The highest BCUT2D eigenvalue weighted by Crippen LogP contribution is 2.32. The van der Waals surface area contributed by atoms with Gasteiger partial charge in [0.15, 0.2) is 18.1 Å². The summed E-state index contributed by atoms with van der Waals surface area (Å²) in [5.41, 5.74) is 0.228. The average Bonchev–Trinajstić information content (AvgIpc) is 2.42. The van der Waals surface area contributed by atoms with Gasteiger partial charge < -0.3 is 25.0 Å². The van der Waals surface area contributed by atoms with Crippen molar-refractivity contribution in [3.05, 3.63) is 23.3 Å². The van der Waals surface area contributed by atoms with Crippen molar-refractivity contribution in [1.29, 1.82) is 0 Å². The number of ether oxygens (including phenoxy) is 2. The highest BCUT2D eigenvalue weighted by molar-refractivity contribution is 5.95. The van der Waals surface area contributed by atoms with Crippen LogP contribution in [0.1, 0.15) is 22.8 Å². The van der Waals surface area contributed by atoms with E-state index in [1.54, 1.807) is 13.8 Å². The molecule has 0 aliphatic heterocycles. The maximum absolute atomic E-state index is 11.7. The Morgan fingerprint density at radius 2 is 1.95 bits per heavy atom. The molecule has 1 atom stereocenters. The van der Waals surface area contributed by atoms with Gasteiger partial charge in [-0.05, 0) is 25.5 Å². The van der Waals surface area contributed by atoms with Gasteiger partial charge in [0, 0.05) is 13.2 Å². The lowest BCUT2D eigenvalue weighted by Crippen LogP contribution is -2.38. The van der Waals surface area contributed by atoms with E-state index in [9.17, 15) is 19.8 Å². The number of aryl methyl sites for hydroxylation is 1. The molecule has 0 heterocycles. The normalized spacial score (nSPS) is 11.8. The van der Waals surface area contributed by atoms with E-state index in [2.05, 4.69) is 5.32 Å². The fourth-order valence-corrected chi connectivity index (χ4v) is 1.66. The van der Waals surface area contributed by atoms with Crippen LogP contribution in [0, 0.1) is 6.92 Å². The Kier molecular flexibility index (Phi) is 5.98. The standard InChI is InChI=1S/C14H19NO6/c1-8-4-5-10(13(18)12(8)17)14(19)21-7-11(16)15-9(2)6-20-3/h4-5,9,17-18H,6-7H2,1-3H3,(H,15,16). The van der Waals surface area contributed by atoms with Crippen LogP contribution in [0.15, 0.2) is 12.1 Å². The summed E-state index contributed by atoms with van der Waals surface area (Å²) < 4.78 is 9.64. The number of phenols is 2. The Bertz CT molecular complexity index is 528. The van der Waals surface area contributed by atoms with E-state index < -0.39 is 24.2 Å². The number of hydrogen-bond acceptors (Lipinski definition) is 6. The monoisotopic (exact) mass is 297 g/mol. The van der Waals surface area contributed by atoms with Crippen LogP contribution in [0.2, 0.25) is 0 Å². The fourth-order valence-electron chi connectivity index (χ4n) is 1.66. The Balaban J connectivity index is 2.59. The third kappa shape index (κ3) is 4.64. The van der Waals surface area contributed by atoms with Crippen molar-refractivity contribution in [2.75, 3.05) is 20.3 Å². The van der Waals surface area contributed by atoms with Gasteiger partial charge in [-0.2, -0.15) is 0 Å². The highest BCUT2D eigenvalue weighted by atomic mass is 16.5. The maximum atomic E-state index is 11.7. The molecule has 1 aromatic carbocycles. The maximum Gasteiger partial charge on any atom is 0.342 e. The quantitative estimate of drug-likeness (QED) is 0.527. The van der Waals surface area contributed by atoms with Gasteiger partial charge in [0.1, 0.15) is 5.56 Å². The number of phenolic OH excluding ortho intramolecular Hbond substituents is 2. The van der Waals surface area contributed by atoms with Crippen molar-refractivity contribution in [2.24, 2.45) is 0 Å². The predicted molar refractivity (Wildman–Crippen MR) is 74.3 cm³/mol. The summed E-state index contributed by atoms with van der Waals surface area (Å²) in [5.74, 6) is -2.32. The topological polar surface area (TPSA) is 105 Å². The number of methoxy groups -OCH3 is 1. The number of carbonyl (C=O) groups excluding carboxylic acids is 2. The van der Waals surface area contributed by atoms with E-state index >= 15 is 0 Å². The van der Waals surface area contributed by atoms with Gasteiger partial charge in [-0.3, -0.25) is 4.79 Å². The summed E-state index contributed by atoms with van der Waals surface area (Å²) >= 11 is 0. The first-order valence-electron chi connectivity index (χ1n) is 6.33. The molecule has 0 fully saturated rings.